The van der Waals surface area contributed by atoms with Gasteiger partial charge in [0.15, 0.2) is 0 Å². The minimum atomic E-state index is -0.909. The maximum absolute atomic E-state index is 12.1. The molecule has 0 fully saturated rings. The van der Waals surface area contributed by atoms with Crippen molar-refractivity contribution in [2.75, 3.05) is 14.2 Å². The number of rotatable bonds is 11. The average Bonchev–Trinajstić information content (AvgIpc) is 2.77. The maximum atomic E-state index is 12.1. The number of ether oxygens (including phenoxy) is 4. The molecule has 0 unspecified atom stereocenters. The molecule has 0 saturated carbocycles. The monoisotopic (exact) mass is 466 g/mol. The third-order valence-electron chi connectivity index (χ3n) is 4.40. The number of nitrogens with one attached hydrogen (secondary N) is 2. The second kappa shape index (κ2) is 14.0. The summed E-state index contributed by atoms with van der Waals surface area (Å²) in [5.74, 6) is -1.21. The molecule has 2 amide bonds. The summed E-state index contributed by atoms with van der Waals surface area (Å²) in [4.78, 5) is 48.1. The van der Waals surface area contributed by atoms with E-state index in [0.29, 0.717) is 12.8 Å². The fourth-order valence-electron chi connectivity index (χ4n) is 2.84. The average molecular weight is 467 g/mol. The Morgan fingerprint density at radius 2 is 1.30 bits per heavy atom. The van der Waals surface area contributed by atoms with Crippen molar-refractivity contribution in [2.24, 2.45) is 0 Å². The molecule has 1 rings (SSSR count). The van der Waals surface area contributed by atoms with Crippen molar-refractivity contribution in [3.05, 3.63) is 35.9 Å². The summed E-state index contributed by atoms with van der Waals surface area (Å²) in [7, 11) is 2.45. The summed E-state index contributed by atoms with van der Waals surface area (Å²) >= 11 is 0. The van der Waals surface area contributed by atoms with E-state index in [1.54, 1.807) is 20.8 Å². The SMILES string of the molecule is COC(=O)[C@@H](CCCC[C@@H](NC(=O)OC(C)(C)C)C(=O)OC)NC(=O)OCc1ccccc1. The molecular weight excluding hydrogens is 432 g/mol. The van der Waals surface area contributed by atoms with Gasteiger partial charge in [0.25, 0.3) is 0 Å². The first kappa shape index (κ1) is 27.7. The summed E-state index contributed by atoms with van der Waals surface area (Å²) in [6, 6.07) is 7.33. The second-order valence-corrected chi connectivity index (χ2v) is 8.29. The molecule has 0 saturated heterocycles. The third kappa shape index (κ3) is 11.8. The number of hydrogen-bond acceptors (Lipinski definition) is 8. The summed E-state index contributed by atoms with van der Waals surface area (Å²) in [5, 5.41) is 4.99. The first-order valence-electron chi connectivity index (χ1n) is 10.7. The zero-order valence-electron chi connectivity index (χ0n) is 19.8. The van der Waals surface area contributed by atoms with Gasteiger partial charge in [-0.1, -0.05) is 43.2 Å². The summed E-state index contributed by atoms with van der Waals surface area (Å²) in [6.07, 6.45) is -0.0287. The van der Waals surface area contributed by atoms with Crippen LogP contribution in [0, 0.1) is 0 Å². The fraction of sp³-hybridized carbons (Fsp3) is 0.565. The van der Waals surface area contributed by atoms with Crippen LogP contribution in [0.15, 0.2) is 30.3 Å². The Kier molecular flexibility index (Phi) is 11.7. The number of unbranched alkanes of at least 4 members (excludes halogenated alkanes) is 1. The smallest absolute Gasteiger partial charge is 0.408 e. The number of carbonyl (C=O) groups is 4. The number of alkyl carbamates (subject to hydrolysis) is 2. The van der Waals surface area contributed by atoms with Crippen molar-refractivity contribution < 1.29 is 38.1 Å². The molecule has 0 heterocycles. The maximum Gasteiger partial charge on any atom is 0.408 e. The highest BCUT2D eigenvalue weighted by Gasteiger charge is 2.26. The van der Waals surface area contributed by atoms with Crippen LogP contribution in [0.25, 0.3) is 0 Å². The van der Waals surface area contributed by atoms with Gasteiger partial charge in [0.1, 0.15) is 24.3 Å². The van der Waals surface area contributed by atoms with Gasteiger partial charge in [-0.15, -0.1) is 0 Å². The lowest BCUT2D eigenvalue weighted by atomic mass is 10.0. The molecule has 0 aromatic heterocycles. The van der Waals surface area contributed by atoms with Gasteiger partial charge in [0.2, 0.25) is 0 Å². The van der Waals surface area contributed by atoms with Crippen LogP contribution in [-0.4, -0.2) is 56.0 Å². The van der Waals surface area contributed by atoms with Crippen molar-refractivity contribution in [3.63, 3.8) is 0 Å². The molecule has 0 aliphatic carbocycles. The molecule has 2 atom stereocenters. The Bertz CT molecular complexity index is 776. The first-order valence-corrected chi connectivity index (χ1v) is 10.7. The van der Waals surface area contributed by atoms with E-state index in [2.05, 4.69) is 10.6 Å². The van der Waals surface area contributed by atoms with E-state index in [1.165, 1.54) is 14.2 Å². The highest BCUT2D eigenvalue weighted by Crippen LogP contribution is 2.11. The Morgan fingerprint density at radius 3 is 1.76 bits per heavy atom. The van der Waals surface area contributed by atoms with E-state index in [9.17, 15) is 19.2 Å². The highest BCUT2D eigenvalue weighted by molar-refractivity contribution is 5.82. The van der Waals surface area contributed by atoms with E-state index < -0.39 is 41.8 Å². The lowest BCUT2D eigenvalue weighted by Crippen LogP contribution is -2.44. The molecule has 0 spiro atoms. The molecule has 2 N–H and O–H groups in total. The highest BCUT2D eigenvalue weighted by atomic mass is 16.6. The van der Waals surface area contributed by atoms with E-state index in [4.69, 9.17) is 18.9 Å². The standard InChI is InChI=1S/C23H34N2O8/c1-23(2,3)33-22(29)25-18(20(27)31-5)14-10-9-13-17(19(26)30-4)24-21(28)32-15-16-11-7-6-8-12-16/h6-8,11-12,17-18H,9-10,13-15H2,1-5H3,(H,24,28)(H,25,29)/t17-,18-/m1/s1. The summed E-state index contributed by atoms with van der Waals surface area (Å²) in [6.45, 7) is 5.21. The van der Waals surface area contributed by atoms with Crippen LogP contribution in [0.1, 0.15) is 52.0 Å². The molecule has 0 radical (unpaired) electrons. The van der Waals surface area contributed by atoms with Crippen molar-refractivity contribution in [1.29, 1.82) is 0 Å². The quantitative estimate of drug-likeness (QED) is 0.289. The molecular formula is C23H34N2O8. The Balaban J connectivity index is 2.53. The molecule has 0 aliphatic heterocycles. The van der Waals surface area contributed by atoms with Gasteiger partial charge in [-0.3, -0.25) is 0 Å². The summed E-state index contributed by atoms with van der Waals surface area (Å²) < 4.78 is 19.8. The third-order valence-corrected chi connectivity index (χ3v) is 4.40. The zero-order valence-corrected chi connectivity index (χ0v) is 19.8. The number of esters is 2. The molecule has 33 heavy (non-hydrogen) atoms. The first-order chi connectivity index (χ1) is 15.6. The van der Waals surface area contributed by atoms with Crippen LogP contribution in [0.4, 0.5) is 9.59 Å². The Morgan fingerprint density at radius 1 is 0.818 bits per heavy atom. The van der Waals surface area contributed by atoms with Crippen molar-refractivity contribution >= 4 is 24.1 Å². The van der Waals surface area contributed by atoms with E-state index >= 15 is 0 Å². The van der Waals surface area contributed by atoms with Crippen LogP contribution >= 0.6 is 0 Å². The molecule has 184 valence electrons. The summed E-state index contributed by atoms with van der Waals surface area (Å²) in [5.41, 5.74) is 0.104. The minimum absolute atomic E-state index is 0.0672. The molecule has 1 aromatic rings. The van der Waals surface area contributed by atoms with Gasteiger partial charge < -0.3 is 29.6 Å². The number of amides is 2. The van der Waals surface area contributed by atoms with Gasteiger partial charge in [0.05, 0.1) is 14.2 Å². The zero-order chi connectivity index (χ0) is 24.9. The Labute approximate surface area is 194 Å². The lowest BCUT2D eigenvalue weighted by molar-refractivity contribution is -0.144. The van der Waals surface area contributed by atoms with Gasteiger partial charge in [0, 0.05) is 0 Å². The van der Waals surface area contributed by atoms with Crippen LogP contribution in [0.5, 0.6) is 0 Å². The molecule has 1 aromatic carbocycles. The minimum Gasteiger partial charge on any atom is -0.467 e. The van der Waals surface area contributed by atoms with Crippen LogP contribution < -0.4 is 10.6 Å². The predicted molar refractivity (Wildman–Crippen MR) is 119 cm³/mol. The van der Waals surface area contributed by atoms with E-state index in [1.807, 2.05) is 30.3 Å². The van der Waals surface area contributed by atoms with Gasteiger partial charge in [-0.25, -0.2) is 19.2 Å². The van der Waals surface area contributed by atoms with Crippen molar-refractivity contribution in [1.82, 2.24) is 10.6 Å². The van der Waals surface area contributed by atoms with Gasteiger partial charge in [-0.2, -0.15) is 0 Å². The van der Waals surface area contributed by atoms with Crippen LogP contribution in [-0.2, 0) is 35.1 Å². The van der Waals surface area contributed by atoms with Crippen LogP contribution in [0.3, 0.4) is 0 Å². The van der Waals surface area contributed by atoms with Crippen molar-refractivity contribution in [2.45, 2.75) is 70.7 Å². The predicted octanol–water partition coefficient (Wildman–Crippen LogP) is 3.08. The van der Waals surface area contributed by atoms with Crippen LogP contribution in [0.2, 0.25) is 0 Å². The second-order valence-electron chi connectivity index (χ2n) is 8.29. The topological polar surface area (TPSA) is 129 Å². The van der Waals surface area contributed by atoms with E-state index in [0.717, 1.165) is 5.56 Å². The molecule has 0 aliphatic rings. The van der Waals surface area contributed by atoms with E-state index in [-0.39, 0.29) is 19.4 Å². The number of hydrogen-bond donors (Lipinski definition) is 2. The molecule has 10 nitrogen and oxygen atoms in total. The number of benzene rings is 1. The largest absolute Gasteiger partial charge is 0.467 e. The van der Waals surface area contributed by atoms with Gasteiger partial charge >= 0.3 is 24.1 Å². The Hall–Kier alpha value is -3.30. The number of carbonyl (C=O) groups excluding carboxylic acids is 4. The fourth-order valence-corrected chi connectivity index (χ4v) is 2.84. The van der Waals surface area contributed by atoms with Crippen molar-refractivity contribution in [3.8, 4) is 0 Å². The molecule has 10 heteroatoms. The molecule has 0 bridgehead atoms. The normalized spacial score (nSPS) is 12.6. The van der Waals surface area contributed by atoms with Gasteiger partial charge in [-0.05, 0) is 39.2 Å². The lowest BCUT2D eigenvalue weighted by Gasteiger charge is -2.22. The number of methoxy groups -OCH3 is 2.